The van der Waals surface area contributed by atoms with Crippen LogP contribution in [0.25, 0.3) is 0 Å². The summed E-state index contributed by atoms with van der Waals surface area (Å²) >= 11 is -1.42. The Balaban J connectivity index is 2.54. The van der Waals surface area contributed by atoms with Gasteiger partial charge in [0.2, 0.25) is 0 Å². The van der Waals surface area contributed by atoms with Crippen molar-refractivity contribution in [3.8, 4) is 0 Å². The van der Waals surface area contributed by atoms with Crippen LogP contribution in [0.15, 0.2) is 30.3 Å². The standard InChI is InChI=1S/C14H24Ge/c1-4-15(5-2,6-3)13-12-14-10-8-7-9-11-14/h7-11H,4-6,12-13H2,1-3H3. The molecule has 0 aromatic heterocycles. The molecule has 1 aromatic carbocycles. The van der Waals surface area contributed by atoms with Crippen LogP contribution in [0.5, 0.6) is 0 Å². The third kappa shape index (κ3) is 3.68. The molecule has 0 aliphatic heterocycles. The molecule has 84 valence electrons. The summed E-state index contributed by atoms with van der Waals surface area (Å²) in [5.74, 6) is 0. The summed E-state index contributed by atoms with van der Waals surface area (Å²) in [5.41, 5.74) is 1.53. The average molecular weight is 265 g/mol. The van der Waals surface area contributed by atoms with Crippen molar-refractivity contribution in [2.45, 2.75) is 48.2 Å². The topological polar surface area (TPSA) is 0 Å². The van der Waals surface area contributed by atoms with E-state index in [1.54, 1.807) is 0 Å². The van der Waals surface area contributed by atoms with Gasteiger partial charge in [-0.3, -0.25) is 0 Å². The SMILES string of the molecule is C[CH2][Ge]([CH2]C)([CH2]C)[CH2]Cc1ccccc1. The van der Waals surface area contributed by atoms with Gasteiger partial charge >= 0.3 is 97.4 Å². The molecule has 0 nitrogen and oxygen atoms in total. The van der Waals surface area contributed by atoms with Crippen molar-refractivity contribution < 1.29 is 0 Å². The Hall–Kier alpha value is -0.237. The summed E-state index contributed by atoms with van der Waals surface area (Å²) in [6.07, 6.45) is 1.32. The van der Waals surface area contributed by atoms with E-state index in [1.165, 1.54) is 33.0 Å². The fourth-order valence-electron chi connectivity index (χ4n) is 2.33. The molecule has 0 N–H and O–H groups in total. The van der Waals surface area contributed by atoms with Crippen LogP contribution in [0.1, 0.15) is 26.3 Å². The molecule has 0 aliphatic rings. The van der Waals surface area contributed by atoms with Gasteiger partial charge in [0.15, 0.2) is 0 Å². The van der Waals surface area contributed by atoms with Crippen molar-refractivity contribution in [3.63, 3.8) is 0 Å². The summed E-state index contributed by atoms with van der Waals surface area (Å²) in [4.78, 5) is 0. The van der Waals surface area contributed by atoms with Crippen LogP contribution in [-0.2, 0) is 6.42 Å². The fourth-order valence-corrected chi connectivity index (χ4v) is 9.43. The third-order valence-corrected chi connectivity index (χ3v) is 16.2. The maximum absolute atomic E-state index is 2.41. The Bertz CT molecular complexity index is 254. The summed E-state index contributed by atoms with van der Waals surface area (Å²) in [6, 6.07) is 11.0. The molecule has 1 rings (SSSR count). The Morgan fingerprint density at radius 2 is 1.40 bits per heavy atom. The van der Waals surface area contributed by atoms with E-state index in [0.29, 0.717) is 0 Å². The van der Waals surface area contributed by atoms with Gasteiger partial charge in [-0.15, -0.1) is 0 Å². The van der Waals surface area contributed by atoms with Gasteiger partial charge in [0.25, 0.3) is 0 Å². The molecule has 0 atom stereocenters. The quantitative estimate of drug-likeness (QED) is 0.652. The zero-order chi connectivity index (χ0) is 11.1. The number of benzene rings is 1. The number of hydrogen-bond donors (Lipinski definition) is 0. The van der Waals surface area contributed by atoms with Crippen molar-refractivity contribution in [2.75, 3.05) is 0 Å². The summed E-state index contributed by atoms with van der Waals surface area (Å²) < 4.78 is 0. The molecule has 0 saturated carbocycles. The van der Waals surface area contributed by atoms with Gasteiger partial charge in [-0.1, -0.05) is 0 Å². The second-order valence-electron chi connectivity index (χ2n) is 4.55. The number of hydrogen-bond acceptors (Lipinski definition) is 0. The van der Waals surface area contributed by atoms with Crippen LogP contribution in [0.2, 0.25) is 21.0 Å². The van der Waals surface area contributed by atoms with Crippen molar-refractivity contribution in [2.24, 2.45) is 0 Å². The molecule has 0 bridgehead atoms. The second-order valence-corrected chi connectivity index (χ2v) is 16.3. The van der Waals surface area contributed by atoms with Crippen LogP contribution >= 0.6 is 0 Å². The van der Waals surface area contributed by atoms with Crippen molar-refractivity contribution >= 4 is 13.3 Å². The monoisotopic (exact) mass is 266 g/mol. The Morgan fingerprint density at radius 1 is 0.867 bits per heavy atom. The molecule has 0 amide bonds. The molecule has 0 spiro atoms. The minimum absolute atomic E-state index is 1.32. The fraction of sp³-hybridized carbons (Fsp3) is 0.571. The van der Waals surface area contributed by atoms with E-state index in [4.69, 9.17) is 0 Å². The normalized spacial score (nSPS) is 11.7. The van der Waals surface area contributed by atoms with E-state index < -0.39 is 13.3 Å². The van der Waals surface area contributed by atoms with E-state index >= 15 is 0 Å². The molecule has 0 saturated heterocycles. The molecule has 0 aliphatic carbocycles. The van der Waals surface area contributed by atoms with Gasteiger partial charge in [-0.2, -0.15) is 0 Å². The minimum atomic E-state index is -1.42. The first-order valence-corrected chi connectivity index (χ1v) is 12.2. The first-order chi connectivity index (χ1) is 7.26. The van der Waals surface area contributed by atoms with E-state index in [1.807, 2.05) is 0 Å². The first-order valence-electron chi connectivity index (χ1n) is 6.30. The average Bonchev–Trinajstić information content (AvgIpc) is 2.33. The van der Waals surface area contributed by atoms with Crippen molar-refractivity contribution in [1.82, 2.24) is 0 Å². The molecule has 1 aromatic rings. The molecule has 15 heavy (non-hydrogen) atoms. The predicted octanol–water partition coefficient (Wildman–Crippen LogP) is 4.74. The molecule has 0 radical (unpaired) electrons. The summed E-state index contributed by atoms with van der Waals surface area (Å²) in [5, 5.41) is 6.02. The van der Waals surface area contributed by atoms with Gasteiger partial charge in [-0.05, 0) is 0 Å². The number of rotatable bonds is 6. The van der Waals surface area contributed by atoms with Crippen LogP contribution in [0.3, 0.4) is 0 Å². The van der Waals surface area contributed by atoms with Crippen LogP contribution in [-0.4, -0.2) is 13.3 Å². The molecular formula is C14H24Ge. The van der Waals surface area contributed by atoms with Crippen LogP contribution in [0, 0.1) is 0 Å². The van der Waals surface area contributed by atoms with Crippen LogP contribution in [0.4, 0.5) is 0 Å². The van der Waals surface area contributed by atoms with Crippen molar-refractivity contribution in [3.05, 3.63) is 35.9 Å². The Kier molecular flexibility index (Phi) is 5.45. The summed E-state index contributed by atoms with van der Waals surface area (Å²) in [7, 11) is 0. The third-order valence-electron chi connectivity index (χ3n) is 4.04. The van der Waals surface area contributed by atoms with Crippen LogP contribution < -0.4 is 0 Å². The number of aryl methyl sites for hydroxylation is 1. The molecule has 0 unspecified atom stereocenters. The van der Waals surface area contributed by atoms with E-state index in [2.05, 4.69) is 51.1 Å². The first kappa shape index (κ1) is 12.8. The predicted molar refractivity (Wildman–Crippen MR) is 72.2 cm³/mol. The molecule has 0 heterocycles. The van der Waals surface area contributed by atoms with E-state index in [0.717, 1.165) is 0 Å². The van der Waals surface area contributed by atoms with E-state index in [9.17, 15) is 0 Å². The molecule has 0 fully saturated rings. The Labute approximate surface area is 97.5 Å². The zero-order valence-electron chi connectivity index (χ0n) is 10.4. The second kappa shape index (κ2) is 6.37. The van der Waals surface area contributed by atoms with Gasteiger partial charge in [0.05, 0.1) is 0 Å². The Morgan fingerprint density at radius 3 is 1.87 bits per heavy atom. The van der Waals surface area contributed by atoms with Gasteiger partial charge in [-0.25, -0.2) is 0 Å². The molecular weight excluding hydrogens is 241 g/mol. The summed E-state index contributed by atoms with van der Waals surface area (Å²) in [6.45, 7) is 7.24. The maximum atomic E-state index is 2.41. The molecule has 1 heteroatoms. The van der Waals surface area contributed by atoms with E-state index in [-0.39, 0.29) is 0 Å². The van der Waals surface area contributed by atoms with Gasteiger partial charge in [0.1, 0.15) is 0 Å². The van der Waals surface area contributed by atoms with Gasteiger partial charge in [0, 0.05) is 0 Å². The zero-order valence-corrected chi connectivity index (χ0v) is 12.5. The van der Waals surface area contributed by atoms with Gasteiger partial charge < -0.3 is 0 Å². The van der Waals surface area contributed by atoms with Crippen molar-refractivity contribution in [1.29, 1.82) is 0 Å².